The fourth-order valence-electron chi connectivity index (χ4n) is 2.07. The first-order valence-electron chi connectivity index (χ1n) is 5.53. The zero-order chi connectivity index (χ0) is 12.3. The Bertz CT molecular complexity index is 379. The highest BCUT2D eigenvalue weighted by molar-refractivity contribution is 9.10. The molecule has 1 fully saturated rings. The van der Waals surface area contributed by atoms with Gasteiger partial charge in [0, 0.05) is 37.9 Å². The summed E-state index contributed by atoms with van der Waals surface area (Å²) in [6.07, 6.45) is -0.818. The van der Waals surface area contributed by atoms with Gasteiger partial charge in [-0.1, -0.05) is 6.07 Å². The lowest BCUT2D eigenvalue weighted by Gasteiger charge is -2.34. The van der Waals surface area contributed by atoms with Crippen molar-refractivity contribution in [2.24, 2.45) is 0 Å². The van der Waals surface area contributed by atoms with Crippen molar-refractivity contribution in [3.8, 4) is 0 Å². The maximum Gasteiger partial charge on any atom is 0.258 e. The van der Waals surface area contributed by atoms with Crippen LogP contribution >= 0.6 is 40.7 Å². The largest absolute Gasteiger partial charge is 0.314 e. The Balaban J connectivity index is 0.00000162. The summed E-state index contributed by atoms with van der Waals surface area (Å²) in [5.41, 5.74) is 0.560. The van der Waals surface area contributed by atoms with Gasteiger partial charge < -0.3 is 5.32 Å². The molecule has 0 spiro atoms. The summed E-state index contributed by atoms with van der Waals surface area (Å²) >= 11 is 3.25. The maximum atomic E-state index is 13.2. The summed E-state index contributed by atoms with van der Waals surface area (Å²) in [5, 5.41) is 3.16. The molecule has 19 heavy (non-hydrogen) atoms. The Kier molecular flexibility index (Phi) is 9.02. The monoisotopic (exact) mass is 377 g/mol. The number of rotatable bonds is 3. The van der Waals surface area contributed by atoms with Gasteiger partial charge in [-0.15, -0.1) is 24.8 Å². The fourth-order valence-corrected chi connectivity index (χ4v) is 2.56. The lowest BCUT2D eigenvalue weighted by Crippen LogP contribution is -2.47. The van der Waals surface area contributed by atoms with E-state index >= 15 is 0 Å². The van der Waals surface area contributed by atoms with Crippen LogP contribution in [0.5, 0.6) is 0 Å². The molecule has 1 aromatic rings. The predicted octanol–water partition coefficient (Wildman–Crippen LogP) is 2.90. The first kappa shape index (κ1) is 19.0. The Morgan fingerprint density at radius 1 is 1.26 bits per heavy atom. The molecule has 0 amide bonds. The minimum atomic E-state index is -2.41. The third-order valence-electron chi connectivity index (χ3n) is 2.89. The van der Waals surface area contributed by atoms with Crippen molar-refractivity contribution in [1.82, 2.24) is 15.2 Å². The molecule has 1 aliphatic heterocycles. The highest BCUT2D eigenvalue weighted by Gasteiger charge is 2.31. The zero-order valence-electron chi connectivity index (χ0n) is 10.1. The maximum absolute atomic E-state index is 13.2. The molecule has 0 aliphatic carbocycles. The van der Waals surface area contributed by atoms with Gasteiger partial charge in [0.1, 0.15) is 4.60 Å². The molecule has 3 nitrogen and oxygen atoms in total. The summed E-state index contributed by atoms with van der Waals surface area (Å²) in [6.45, 7) is 2.77. The highest BCUT2D eigenvalue weighted by Crippen LogP contribution is 2.31. The number of halogens is 5. The summed E-state index contributed by atoms with van der Waals surface area (Å²) in [6, 6.07) is 2.52. The lowest BCUT2D eigenvalue weighted by molar-refractivity contribution is 0.0176. The molecule has 2 heterocycles. The van der Waals surface area contributed by atoms with Gasteiger partial charge >= 0.3 is 0 Å². The van der Waals surface area contributed by atoms with Gasteiger partial charge in [-0.25, -0.2) is 13.8 Å². The molecule has 0 unspecified atom stereocenters. The summed E-state index contributed by atoms with van der Waals surface area (Å²) in [5.74, 6) is 0. The van der Waals surface area contributed by atoms with E-state index < -0.39 is 12.5 Å². The summed E-state index contributed by atoms with van der Waals surface area (Å²) < 4.78 is 27.0. The third kappa shape index (κ3) is 4.79. The van der Waals surface area contributed by atoms with Crippen molar-refractivity contribution in [2.75, 3.05) is 26.2 Å². The molecular formula is C11H16BrCl2F2N3. The van der Waals surface area contributed by atoms with Crippen molar-refractivity contribution >= 4 is 40.7 Å². The minimum Gasteiger partial charge on any atom is -0.314 e. The smallest absolute Gasteiger partial charge is 0.258 e. The van der Waals surface area contributed by atoms with E-state index in [1.165, 1.54) is 0 Å². The third-order valence-corrected chi connectivity index (χ3v) is 3.55. The van der Waals surface area contributed by atoms with Crippen LogP contribution in [0.2, 0.25) is 0 Å². The van der Waals surface area contributed by atoms with Gasteiger partial charge in [0.15, 0.2) is 0 Å². The number of hydrogen-bond donors (Lipinski definition) is 1. The van der Waals surface area contributed by atoms with Crippen LogP contribution in [0.3, 0.4) is 0 Å². The predicted molar refractivity (Wildman–Crippen MR) is 79.6 cm³/mol. The van der Waals surface area contributed by atoms with Crippen LogP contribution in [0.4, 0.5) is 8.78 Å². The molecule has 0 saturated carbocycles. The van der Waals surface area contributed by atoms with E-state index in [1.807, 2.05) is 4.90 Å². The van der Waals surface area contributed by atoms with E-state index in [9.17, 15) is 8.78 Å². The van der Waals surface area contributed by atoms with Gasteiger partial charge in [-0.3, -0.25) is 4.90 Å². The molecule has 0 aromatic carbocycles. The lowest BCUT2D eigenvalue weighted by atomic mass is 10.1. The van der Waals surface area contributed by atoms with E-state index in [1.54, 1.807) is 18.3 Å². The van der Waals surface area contributed by atoms with E-state index in [4.69, 9.17) is 0 Å². The molecule has 110 valence electrons. The molecule has 8 heteroatoms. The highest BCUT2D eigenvalue weighted by atomic mass is 79.9. The Morgan fingerprint density at radius 2 is 1.89 bits per heavy atom. The fraction of sp³-hybridized carbons (Fsp3) is 0.545. The number of pyridine rings is 1. The Labute approximate surface area is 132 Å². The number of piperazine rings is 1. The van der Waals surface area contributed by atoms with E-state index in [0.717, 1.165) is 13.1 Å². The normalized spacial score (nSPS) is 17.5. The second kappa shape index (κ2) is 9.02. The molecule has 1 N–H and O–H groups in total. The quantitative estimate of drug-likeness (QED) is 0.819. The number of hydrogen-bond acceptors (Lipinski definition) is 3. The average molecular weight is 379 g/mol. The number of aromatic nitrogens is 1. The van der Waals surface area contributed by atoms with E-state index in [2.05, 4.69) is 26.2 Å². The molecule has 1 aromatic heterocycles. The van der Waals surface area contributed by atoms with E-state index in [-0.39, 0.29) is 24.8 Å². The SMILES string of the molecule is Cl.Cl.FC(F)[C@H](c1cccnc1Br)N1CCNCC1. The van der Waals surface area contributed by atoms with Crippen LogP contribution in [0.25, 0.3) is 0 Å². The van der Waals surface area contributed by atoms with Crippen molar-refractivity contribution in [3.05, 3.63) is 28.5 Å². The second-order valence-corrected chi connectivity index (χ2v) is 4.70. The van der Waals surface area contributed by atoms with Gasteiger partial charge in [-0.2, -0.15) is 0 Å². The molecule has 1 aliphatic rings. The number of nitrogens with one attached hydrogen (secondary N) is 1. The molecule has 0 bridgehead atoms. The first-order valence-corrected chi connectivity index (χ1v) is 6.33. The van der Waals surface area contributed by atoms with Crippen molar-refractivity contribution in [1.29, 1.82) is 0 Å². The van der Waals surface area contributed by atoms with Crippen LogP contribution in [-0.4, -0.2) is 42.5 Å². The van der Waals surface area contributed by atoms with Crippen molar-refractivity contribution in [3.63, 3.8) is 0 Å². The topological polar surface area (TPSA) is 28.2 Å². The number of nitrogens with zero attached hydrogens (tertiary/aromatic N) is 2. The van der Waals surface area contributed by atoms with Crippen LogP contribution in [-0.2, 0) is 0 Å². The van der Waals surface area contributed by atoms with Gasteiger partial charge in [0.05, 0.1) is 6.04 Å². The standard InChI is InChI=1S/C11H14BrF2N3.2ClH/c12-10-8(2-1-3-16-10)9(11(13)14)17-6-4-15-5-7-17;;/h1-3,9,11,15H,4-7H2;2*1H/t9-;;/m0../s1. The van der Waals surface area contributed by atoms with Crippen molar-refractivity contribution < 1.29 is 8.78 Å². The van der Waals surface area contributed by atoms with Crippen LogP contribution in [0, 0.1) is 0 Å². The molecular weight excluding hydrogens is 363 g/mol. The molecule has 1 atom stereocenters. The van der Waals surface area contributed by atoms with Crippen molar-refractivity contribution in [2.45, 2.75) is 12.5 Å². The first-order chi connectivity index (χ1) is 8.20. The molecule has 2 rings (SSSR count). The average Bonchev–Trinajstić information content (AvgIpc) is 2.33. The van der Waals surface area contributed by atoms with Gasteiger partial charge in [0.25, 0.3) is 6.43 Å². The van der Waals surface area contributed by atoms with Crippen LogP contribution in [0.1, 0.15) is 11.6 Å². The van der Waals surface area contributed by atoms with Crippen LogP contribution in [0.15, 0.2) is 22.9 Å². The van der Waals surface area contributed by atoms with E-state index in [0.29, 0.717) is 23.3 Å². The summed E-state index contributed by atoms with van der Waals surface area (Å²) in [4.78, 5) is 5.83. The Morgan fingerprint density at radius 3 is 2.42 bits per heavy atom. The van der Waals surface area contributed by atoms with Crippen LogP contribution < -0.4 is 5.32 Å². The zero-order valence-corrected chi connectivity index (χ0v) is 13.3. The summed E-state index contributed by atoms with van der Waals surface area (Å²) in [7, 11) is 0. The molecule has 1 saturated heterocycles. The van der Waals surface area contributed by atoms with Gasteiger partial charge in [-0.05, 0) is 22.0 Å². The molecule has 0 radical (unpaired) electrons. The second-order valence-electron chi connectivity index (χ2n) is 3.95. The minimum absolute atomic E-state index is 0. The Hall–Kier alpha value is -0.0100. The number of alkyl halides is 2. The van der Waals surface area contributed by atoms with Gasteiger partial charge in [0.2, 0.25) is 0 Å².